The van der Waals surface area contributed by atoms with Gasteiger partial charge in [0.15, 0.2) is 0 Å². The van der Waals surface area contributed by atoms with Gasteiger partial charge in [-0.1, -0.05) is 0 Å². The minimum absolute atomic E-state index is 0.0967. The molecule has 0 radical (unpaired) electrons. The van der Waals surface area contributed by atoms with E-state index in [0.29, 0.717) is 11.1 Å². The van der Waals surface area contributed by atoms with Gasteiger partial charge >= 0.3 is 5.97 Å². The number of rotatable bonds is 1. The summed E-state index contributed by atoms with van der Waals surface area (Å²) in [7, 11) is 0. The Morgan fingerprint density at radius 2 is 2.31 bits per heavy atom. The molecule has 4 nitrogen and oxygen atoms in total. The van der Waals surface area contributed by atoms with Gasteiger partial charge < -0.3 is 9.52 Å². The monoisotopic (exact) mass is 241 g/mol. The van der Waals surface area contributed by atoms with Gasteiger partial charge in [0.1, 0.15) is 0 Å². The number of aromatic nitrogens is 1. The van der Waals surface area contributed by atoms with Crippen LogP contribution in [-0.2, 0) is 0 Å². The van der Waals surface area contributed by atoms with E-state index in [1.807, 2.05) is 0 Å². The lowest BCUT2D eigenvalue weighted by Gasteiger charge is -1.86. The zero-order valence-electron chi connectivity index (χ0n) is 6.32. The van der Waals surface area contributed by atoms with E-state index in [4.69, 9.17) is 9.52 Å². The summed E-state index contributed by atoms with van der Waals surface area (Å²) in [5.41, 5.74) is 0.334. The Morgan fingerprint density at radius 3 is 3.00 bits per heavy atom. The van der Waals surface area contributed by atoms with Crippen molar-refractivity contribution in [3.05, 3.63) is 28.6 Å². The molecule has 0 atom stereocenters. The third-order valence-corrected chi connectivity index (χ3v) is 1.98. The van der Waals surface area contributed by atoms with Crippen LogP contribution in [0.15, 0.2) is 27.2 Å². The van der Waals surface area contributed by atoms with E-state index in [9.17, 15) is 4.79 Å². The van der Waals surface area contributed by atoms with Crippen LogP contribution in [-0.4, -0.2) is 16.1 Å². The summed E-state index contributed by atoms with van der Waals surface area (Å²) in [5.74, 6) is -1.19. The Morgan fingerprint density at radius 1 is 1.54 bits per heavy atom. The maximum atomic E-state index is 10.5. The summed E-state index contributed by atoms with van der Waals surface area (Å²) < 4.78 is 5.74. The van der Waals surface area contributed by atoms with Crippen LogP contribution in [0.3, 0.4) is 0 Å². The number of halogens is 1. The summed E-state index contributed by atoms with van der Waals surface area (Å²) in [6.45, 7) is 0. The molecule has 0 saturated carbocycles. The molecule has 0 aliphatic heterocycles. The molecule has 1 N–H and O–H groups in total. The van der Waals surface area contributed by atoms with E-state index in [-0.39, 0.29) is 5.76 Å². The van der Waals surface area contributed by atoms with E-state index in [2.05, 4.69) is 20.9 Å². The summed E-state index contributed by atoms with van der Waals surface area (Å²) >= 11 is 3.23. The topological polar surface area (TPSA) is 63.3 Å². The molecule has 0 amide bonds. The fourth-order valence-electron chi connectivity index (χ4n) is 1.01. The molecule has 0 unspecified atom stereocenters. The number of fused-ring (bicyclic) bond motifs is 1. The van der Waals surface area contributed by atoms with Crippen molar-refractivity contribution in [2.45, 2.75) is 0 Å². The van der Waals surface area contributed by atoms with Gasteiger partial charge in [0.25, 0.3) is 0 Å². The van der Waals surface area contributed by atoms with Crippen molar-refractivity contribution < 1.29 is 14.3 Å². The average Bonchev–Trinajstić information content (AvgIpc) is 2.46. The highest BCUT2D eigenvalue weighted by Crippen LogP contribution is 2.20. The number of nitrogens with zero attached hydrogens (tertiary/aromatic N) is 1. The van der Waals surface area contributed by atoms with E-state index in [1.54, 1.807) is 12.3 Å². The second-order valence-corrected chi connectivity index (χ2v) is 3.38. The van der Waals surface area contributed by atoms with Gasteiger partial charge in [0, 0.05) is 22.1 Å². The molecule has 0 aliphatic rings. The molecule has 2 aromatic rings. The van der Waals surface area contributed by atoms with Crippen LogP contribution in [0.2, 0.25) is 0 Å². The minimum atomic E-state index is -1.09. The highest BCUT2D eigenvalue weighted by Gasteiger charge is 2.10. The third kappa shape index (κ3) is 1.42. The maximum absolute atomic E-state index is 10.5. The van der Waals surface area contributed by atoms with Gasteiger partial charge in [-0.25, -0.2) is 9.78 Å². The van der Waals surface area contributed by atoms with Crippen molar-refractivity contribution in [2.24, 2.45) is 0 Å². The van der Waals surface area contributed by atoms with E-state index < -0.39 is 5.97 Å². The zero-order valence-corrected chi connectivity index (χ0v) is 7.91. The average molecular weight is 242 g/mol. The normalized spacial score (nSPS) is 10.5. The molecule has 66 valence electrons. The van der Waals surface area contributed by atoms with Gasteiger partial charge in [-0.2, -0.15) is 0 Å². The molecule has 0 saturated heterocycles. The van der Waals surface area contributed by atoms with Crippen molar-refractivity contribution >= 4 is 33.0 Å². The van der Waals surface area contributed by atoms with Crippen LogP contribution in [0, 0.1) is 0 Å². The van der Waals surface area contributed by atoms with Gasteiger partial charge in [0.05, 0.1) is 0 Å². The summed E-state index contributed by atoms with van der Waals surface area (Å²) in [4.78, 5) is 14.4. The SMILES string of the molecule is O=C(O)c1cc2cc(Br)cnc2o1. The molecule has 2 rings (SSSR count). The molecule has 13 heavy (non-hydrogen) atoms. The highest BCUT2D eigenvalue weighted by atomic mass is 79.9. The number of carboxylic acids is 1. The minimum Gasteiger partial charge on any atom is -0.475 e. The van der Waals surface area contributed by atoms with Crippen LogP contribution < -0.4 is 0 Å². The third-order valence-electron chi connectivity index (χ3n) is 1.55. The number of furan rings is 1. The Hall–Kier alpha value is -1.36. The number of carbonyl (C=O) groups is 1. The molecule has 0 spiro atoms. The van der Waals surface area contributed by atoms with Crippen LogP contribution in [0.5, 0.6) is 0 Å². The van der Waals surface area contributed by atoms with Crippen molar-refractivity contribution in [1.82, 2.24) is 4.98 Å². The van der Waals surface area contributed by atoms with Crippen molar-refractivity contribution in [2.75, 3.05) is 0 Å². The summed E-state index contributed by atoms with van der Waals surface area (Å²) in [6.07, 6.45) is 1.55. The van der Waals surface area contributed by atoms with Crippen molar-refractivity contribution in [3.8, 4) is 0 Å². The fourth-order valence-corrected chi connectivity index (χ4v) is 1.36. The molecule has 0 fully saturated rings. The molecular weight excluding hydrogens is 238 g/mol. The quantitative estimate of drug-likeness (QED) is 0.833. The van der Waals surface area contributed by atoms with Crippen molar-refractivity contribution in [1.29, 1.82) is 0 Å². The number of hydrogen-bond acceptors (Lipinski definition) is 3. The lowest BCUT2D eigenvalue weighted by Crippen LogP contribution is -1.91. The predicted octanol–water partition coefficient (Wildman–Crippen LogP) is 2.29. The van der Waals surface area contributed by atoms with Gasteiger partial charge in [0.2, 0.25) is 11.5 Å². The first-order valence-corrected chi connectivity index (χ1v) is 4.24. The van der Waals surface area contributed by atoms with Crippen molar-refractivity contribution in [3.63, 3.8) is 0 Å². The van der Waals surface area contributed by atoms with E-state index in [0.717, 1.165) is 4.47 Å². The molecule has 5 heteroatoms. The molecule has 2 aromatic heterocycles. The fraction of sp³-hybridized carbons (Fsp3) is 0. The Balaban J connectivity index is 2.68. The number of carboxylic acid groups (broad SMARTS) is 1. The number of pyridine rings is 1. The summed E-state index contributed by atoms with van der Waals surface area (Å²) in [5, 5.41) is 9.29. The lowest BCUT2D eigenvalue weighted by atomic mass is 10.3. The van der Waals surface area contributed by atoms with Crippen LogP contribution in [0.4, 0.5) is 0 Å². The van der Waals surface area contributed by atoms with Gasteiger partial charge in [-0.05, 0) is 22.0 Å². The first-order chi connectivity index (χ1) is 6.16. The second-order valence-electron chi connectivity index (χ2n) is 2.46. The van der Waals surface area contributed by atoms with E-state index >= 15 is 0 Å². The smallest absolute Gasteiger partial charge is 0.371 e. The number of aromatic carboxylic acids is 1. The standard InChI is InChI=1S/C8H4BrNO3/c9-5-1-4-2-6(8(11)12)13-7(4)10-3-5/h1-3H,(H,11,12). The predicted molar refractivity (Wildman–Crippen MR) is 48.7 cm³/mol. The van der Waals surface area contributed by atoms with Crippen LogP contribution in [0.25, 0.3) is 11.1 Å². The largest absolute Gasteiger partial charge is 0.475 e. The Bertz CT molecular complexity index is 477. The highest BCUT2D eigenvalue weighted by molar-refractivity contribution is 9.10. The van der Waals surface area contributed by atoms with Gasteiger partial charge in [-0.15, -0.1) is 0 Å². The maximum Gasteiger partial charge on any atom is 0.371 e. The lowest BCUT2D eigenvalue weighted by molar-refractivity contribution is 0.0664. The second kappa shape index (κ2) is 2.85. The molecule has 0 aliphatic carbocycles. The molecule has 0 bridgehead atoms. The first kappa shape index (κ1) is 8.25. The molecule has 2 heterocycles. The van der Waals surface area contributed by atoms with E-state index in [1.165, 1.54) is 6.07 Å². The Labute approximate surface area is 81.3 Å². The first-order valence-electron chi connectivity index (χ1n) is 3.45. The van der Waals surface area contributed by atoms with Crippen LogP contribution in [0.1, 0.15) is 10.6 Å². The van der Waals surface area contributed by atoms with Crippen LogP contribution >= 0.6 is 15.9 Å². The Kier molecular flexibility index (Phi) is 1.81. The number of hydrogen-bond donors (Lipinski definition) is 1. The van der Waals surface area contributed by atoms with Gasteiger partial charge in [-0.3, -0.25) is 0 Å². The summed E-state index contributed by atoms with van der Waals surface area (Å²) in [6, 6.07) is 3.19. The molecular formula is C8H4BrNO3. The zero-order chi connectivity index (χ0) is 9.42. The molecule has 0 aromatic carbocycles.